The summed E-state index contributed by atoms with van der Waals surface area (Å²) in [6.07, 6.45) is 0.985. The van der Waals surface area contributed by atoms with Crippen molar-refractivity contribution in [1.29, 1.82) is 0 Å². The van der Waals surface area contributed by atoms with Crippen LogP contribution < -0.4 is 5.73 Å². The number of aromatic hydroxyl groups is 1. The number of nitro benzene ring substituents is 1. The quantitative estimate of drug-likeness (QED) is 0.579. The lowest BCUT2D eigenvalue weighted by Crippen LogP contribution is -2.02. The minimum Gasteiger partial charge on any atom is -0.502 e. The van der Waals surface area contributed by atoms with E-state index in [1.807, 2.05) is 0 Å². The van der Waals surface area contributed by atoms with Crippen LogP contribution in [0.15, 0.2) is 18.2 Å². The van der Waals surface area contributed by atoms with Crippen LogP contribution in [0.3, 0.4) is 0 Å². The maximum Gasteiger partial charge on any atom is 0.310 e. The van der Waals surface area contributed by atoms with Gasteiger partial charge in [-0.3, -0.25) is 10.1 Å². The van der Waals surface area contributed by atoms with Gasteiger partial charge in [0.15, 0.2) is 5.75 Å². The van der Waals surface area contributed by atoms with Gasteiger partial charge in [-0.15, -0.1) is 0 Å². The van der Waals surface area contributed by atoms with Crippen LogP contribution in [0.4, 0.5) is 5.69 Å². The van der Waals surface area contributed by atoms with E-state index in [4.69, 9.17) is 5.73 Å². The summed E-state index contributed by atoms with van der Waals surface area (Å²) in [4.78, 5) is 10.0. The van der Waals surface area contributed by atoms with Crippen molar-refractivity contribution < 1.29 is 10.0 Å². The third kappa shape index (κ3) is 1.78. The SMILES string of the molecule is NC[C@@H]1C[C@H]1c1ccc(O)c([N+](=O)[O-])c1. The van der Waals surface area contributed by atoms with Gasteiger partial charge in [0.2, 0.25) is 0 Å². The molecular weight excluding hydrogens is 196 g/mol. The Balaban J connectivity index is 2.28. The van der Waals surface area contributed by atoms with Gasteiger partial charge in [0.1, 0.15) is 0 Å². The topological polar surface area (TPSA) is 89.4 Å². The van der Waals surface area contributed by atoms with E-state index in [2.05, 4.69) is 0 Å². The molecule has 1 aromatic carbocycles. The summed E-state index contributed by atoms with van der Waals surface area (Å²) in [6.45, 7) is 0.610. The standard InChI is InChI=1S/C10H12N2O3/c11-5-7-3-8(7)6-1-2-10(13)9(4-6)12(14)15/h1-2,4,7-8,13H,3,5,11H2/t7-,8-/m0/s1. The highest BCUT2D eigenvalue weighted by Gasteiger charge is 2.37. The molecule has 3 N–H and O–H groups in total. The normalized spacial score (nSPS) is 23.8. The third-order valence-corrected chi connectivity index (χ3v) is 2.85. The number of phenolic OH excluding ortho intramolecular Hbond substituents is 1. The molecule has 0 heterocycles. The van der Waals surface area contributed by atoms with Crippen molar-refractivity contribution in [3.05, 3.63) is 33.9 Å². The maximum absolute atomic E-state index is 10.6. The van der Waals surface area contributed by atoms with Crippen molar-refractivity contribution in [2.45, 2.75) is 12.3 Å². The number of rotatable bonds is 3. The van der Waals surface area contributed by atoms with E-state index in [0.717, 1.165) is 12.0 Å². The van der Waals surface area contributed by atoms with Gasteiger partial charge in [-0.25, -0.2) is 0 Å². The summed E-state index contributed by atoms with van der Waals surface area (Å²) < 4.78 is 0. The summed E-state index contributed by atoms with van der Waals surface area (Å²) in [5, 5.41) is 19.9. The van der Waals surface area contributed by atoms with Gasteiger partial charge in [-0.05, 0) is 36.4 Å². The van der Waals surface area contributed by atoms with Gasteiger partial charge in [0.05, 0.1) is 4.92 Å². The number of nitrogens with zero attached hydrogens (tertiary/aromatic N) is 1. The zero-order chi connectivity index (χ0) is 11.0. The molecule has 15 heavy (non-hydrogen) atoms. The Bertz CT molecular complexity index is 406. The van der Waals surface area contributed by atoms with E-state index in [0.29, 0.717) is 18.4 Å². The summed E-state index contributed by atoms with van der Waals surface area (Å²) in [5.41, 5.74) is 6.18. The second-order valence-corrected chi connectivity index (χ2v) is 3.84. The number of hydrogen-bond acceptors (Lipinski definition) is 4. The average Bonchev–Trinajstić information content (AvgIpc) is 2.97. The van der Waals surface area contributed by atoms with Gasteiger partial charge >= 0.3 is 5.69 Å². The fourth-order valence-corrected chi connectivity index (χ4v) is 1.83. The Morgan fingerprint density at radius 1 is 1.60 bits per heavy atom. The monoisotopic (exact) mass is 208 g/mol. The number of nitrogens with two attached hydrogens (primary N) is 1. The van der Waals surface area contributed by atoms with Gasteiger partial charge in [-0.1, -0.05) is 6.07 Å². The fraction of sp³-hybridized carbons (Fsp3) is 0.400. The van der Waals surface area contributed by atoms with Crippen LogP contribution in [0.2, 0.25) is 0 Å². The molecule has 1 aliphatic rings. The van der Waals surface area contributed by atoms with Crippen molar-refractivity contribution in [2.24, 2.45) is 11.7 Å². The first-order valence-corrected chi connectivity index (χ1v) is 4.81. The number of phenols is 1. The minimum atomic E-state index is -0.571. The molecule has 2 rings (SSSR count). The lowest BCUT2D eigenvalue weighted by atomic mass is 10.1. The van der Waals surface area contributed by atoms with Crippen LogP contribution in [-0.2, 0) is 0 Å². The zero-order valence-electron chi connectivity index (χ0n) is 8.09. The number of hydrogen-bond donors (Lipinski definition) is 2. The minimum absolute atomic E-state index is 0.227. The molecule has 1 aromatic rings. The van der Waals surface area contributed by atoms with Crippen LogP contribution in [0, 0.1) is 16.0 Å². The van der Waals surface area contributed by atoms with E-state index in [1.54, 1.807) is 6.07 Å². The molecule has 0 radical (unpaired) electrons. The van der Waals surface area contributed by atoms with Crippen molar-refractivity contribution in [1.82, 2.24) is 0 Å². The number of nitro groups is 1. The van der Waals surface area contributed by atoms with Gasteiger partial charge in [-0.2, -0.15) is 0 Å². The first-order chi connectivity index (χ1) is 7.13. The summed E-state index contributed by atoms with van der Waals surface area (Å²) in [7, 11) is 0. The predicted octanol–water partition coefficient (Wildman–Crippen LogP) is 1.36. The lowest BCUT2D eigenvalue weighted by molar-refractivity contribution is -0.385. The first-order valence-electron chi connectivity index (χ1n) is 4.81. The Morgan fingerprint density at radius 3 is 2.87 bits per heavy atom. The molecule has 0 unspecified atom stereocenters. The smallest absolute Gasteiger partial charge is 0.310 e. The highest BCUT2D eigenvalue weighted by Crippen LogP contribution is 2.48. The highest BCUT2D eigenvalue weighted by molar-refractivity contribution is 5.49. The Labute approximate surface area is 86.7 Å². The van der Waals surface area contributed by atoms with Gasteiger partial charge in [0.25, 0.3) is 0 Å². The van der Waals surface area contributed by atoms with Crippen molar-refractivity contribution in [3.63, 3.8) is 0 Å². The average molecular weight is 208 g/mol. The van der Waals surface area contributed by atoms with Gasteiger partial charge in [0, 0.05) is 6.07 Å². The molecular formula is C10H12N2O3. The molecule has 1 fully saturated rings. The summed E-state index contributed by atoms with van der Waals surface area (Å²) >= 11 is 0. The van der Waals surface area contributed by atoms with Crippen molar-refractivity contribution in [3.8, 4) is 5.75 Å². The van der Waals surface area contributed by atoms with E-state index in [9.17, 15) is 15.2 Å². The summed E-state index contributed by atoms with van der Waals surface area (Å²) in [6, 6.07) is 4.54. The van der Waals surface area contributed by atoms with Crippen molar-refractivity contribution >= 4 is 5.69 Å². The third-order valence-electron chi connectivity index (χ3n) is 2.85. The van der Waals surface area contributed by atoms with Crippen LogP contribution in [0.25, 0.3) is 0 Å². The molecule has 0 aromatic heterocycles. The predicted molar refractivity (Wildman–Crippen MR) is 54.7 cm³/mol. The Morgan fingerprint density at radius 2 is 2.33 bits per heavy atom. The molecule has 2 atom stereocenters. The molecule has 0 spiro atoms. The summed E-state index contributed by atoms with van der Waals surface area (Å²) in [5.74, 6) is 0.483. The molecule has 5 heteroatoms. The zero-order valence-corrected chi connectivity index (χ0v) is 8.09. The highest BCUT2D eigenvalue weighted by atomic mass is 16.6. The molecule has 80 valence electrons. The van der Waals surface area contributed by atoms with E-state index in [1.165, 1.54) is 12.1 Å². The lowest BCUT2D eigenvalue weighted by Gasteiger charge is -2.01. The maximum atomic E-state index is 10.6. The molecule has 0 bridgehead atoms. The number of benzene rings is 1. The first kappa shape index (κ1) is 9.92. The Kier molecular flexibility index (Phi) is 2.32. The second kappa shape index (κ2) is 3.51. The molecule has 0 saturated heterocycles. The van der Waals surface area contributed by atoms with E-state index >= 15 is 0 Å². The van der Waals surface area contributed by atoms with Crippen LogP contribution >= 0.6 is 0 Å². The molecule has 1 saturated carbocycles. The molecule has 0 amide bonds. The molecule has 5 nitrogen and oxygen atoms in total. The van der Waals surface area contributed by atoms with Crippen LogP contribution in [0.1, 0.15) is 17.9 Å². The molecule has 1 aliphatic carbocycles. The Hall–Kier alpha value is -1.62. The second-order valence-electron chi connectivity index (χ2n) is 3.84. The van der Waals surface area contributed by atoms with Crippen LogP contribution in [-0.4, -0.2) is 16.6 Å². The van der Waals surface area contributed by atoms with Crippen LogP contribution in [0.5, 0.6) is 5.75 Å². The largest absolute Gasteiger partial charge is 0.502 e. The van der Waals surface area contributed by atoms with Gasteiger partial charge < -0.3 is 10.8 Å². The van der Waals surface area contributed by atoms with Crippen molar-refractivity contribution in [2.75, 3.05) is 6.54 Å². The molecule has 0 aliphatic heterocycles. The van der Waals surface area contributed by atoms with E-state index < -0.39 is 4.92 Å². The van der Waals surface area contributed by atoms with E-state index in [-0.39, 0.29) is 11.4 Å². The fourth-order valence-electron chi connectivity index (χ4n) is 1.83.